The summed E-state index contributed by atoms with van der Waals surface area (Å²) in [5.41, 5.74) is 2.15. The highest BCUT2D eigenvalue weighted by molar-refractivity contribution is 6.31. The van der Waals surface area contributed by atoms with E-state index in [-0.39, 0.29) is 0 Å². The number of halogens is 1. The minimum Gasteiger partial charge on any atom is -0.314 e. The average molecular weight is 286 g/mol. The molecule has 4 heteroatoms. The first kappa shape index (κ1) is 16.5. The van der Waals surface area contributed by atoms with Crippen LogP contribution in [0, 0.1) is 6.92 Å². The topological polar surface area (TPSA) is 29.9 Å². The molecule has 110 valence electrons. The van der Waals surface area contributed by atoms with Crippen LogP contribution in [-0.4, -0.2) is 22.4 Å². The first-order valence-corrected chi connectivity index (χ1v) is 7.96. The van der Waals surface area contributed by atoms with E-state index in [2.05, 4.69) is 31.2 Å². The van der Waals surface area contributed by atoms with Crippen LogP contribution in [0.4, 0.5) is 0 Å². The van der Waals surface area contributed by atoms with Crippen LogP contribution < -0.4 is 5.32 Å². The molecular formula is C15H28ClN3. The molecule has 0 aliphatic heterocycles. The highest BCUT2D eigenvalue weighted by Gasteiger charge is 2.13. The third-order valence-corrected chi connectivity index (χ3v) is 4.09. The largest absolute Gasteiger partial charge is 0.314 e. The highest BCUT2D eigenvalue weighted by Crippen LogP contribution is 2.22. The number of rotatable bonds is 9. The van der Waals surface area contributed by atoms with E-state index in [1.54, 1.807) is 0 Å². The number of nitrogens with zero attached hydrogens (tertiary/aromatic N) is 2. The van der Waals surface area contributed by atoms with Gasteiger partial charge in [0.05, 0.1) is 16.4 Å². The lowest BCUT2D eigenvalue weighted by atomic mass is 10.1. The zero-order valence-corrected chi connectivity index (χ0v) is 13.6. The van der Waals surface area contributed by atoms with Gasteiger partial charge in [-0.1, -0.05) is 25.4 Å². The van der Waals surface area contributed by atoms with E-state index in [4.69, 9.17) is 11.6 Å². The van der Waals surface area contributed by atoms with Crippen LogP contribution in [0.2, 0.25) is 5.02 Å². The van der Waals surface area contributed by atoms with Crippen molar-refractivity contribution in [1.29, 1.82) is 0 Å². The van der Waals surface area contributed by atoms with E-state index in [1.807, 2.05) is 11.6 Å². The summed E-state index contributed by atoms with van der Waals surface area (Å²) in [5, 5.41) is 8.92. The van der Waals surface area contributed by atoms with Crippen molar-refractivity contribution in [1.82, 2.24) is 15.1 Å². The smallest absolute Gasteiger partial charge is 0.0847 e. The van der Waals surface area contributed by atoms with Crippen molar-refractivity contribution in [2.24, 2.45) is 0 Å². The van der Waals surface area contributed by atoms with E-state index < -0.39 is 0 Å². The van der Waals surface area contributed by atoms with Crippen LogP contribution >= 0.6 is 11.6 Å². The molecule has 19 heavy (non-hydrogen) atoms. The SMILES string of the molecule is CCCNC(CC)CCCc1c(Cl)c(C)nn1CC. The van der Waals surface area contributed by atoms with Crippen LogP contribution in [0.5, 0.6) is 0 Å². The fourth-order valence-corrected chi connectivity index (χ4v) is 2.65. The van der Waals surface area contributed by atoms with E-state index in [9.17, 15) is 0 Å². The summed E-state index contributed by atoms with van der Waals surface area (Å²) in [4.78, 5) is 0. The second-order valence-corrected chi connectivity index (χ2v) is 5.49. The molecule has 0 amide bonds. The Hall–Kier alpha value is -0.540. The lowest BCUT2D eigenvalue weighted by molar-refractivity contribution is 0.451. The molecule has 1 heterocycles. The van der Waals surface area contributed by atoms with Crippen molar-refractivity contribution in [3.63, 3.8) is 0 Å². The van der Waals surface area contributed by atoms with E-state index in [0.29, 0.717) is 6.04 Å². The summed E-state index contributed by atoms with van der Waals surface area (Å²) in [7, 11) is 0. The van der Waals surface area contributed by atoms with Crippen molar-refractivity contribution < 1.29 is 0 Å². The Balaban J connectivity index is 2.48. The van der Waals surface area contributed by atoms with Gasteiger partial charge >= 0.3 is 0 Å². The minimum atomic E-state index is 0.637. The first-order valence-electron chi connectivity index (χ1n) is 7.59. The number of hydrogen-bond acceptors (Lipinski definition) is 2. The fraction of sp³-hybridized carbons (Fsp3) is 0.800. The molecule has 0 aliphatic rings. The Kier molecular flexibility index (Phi) is 7.47. The molecular weight excluding hydrogens is 258 g/mol. The third-order valence-electron chi connectivity index (χ3n) is 3.59. The Morgan fingerprint density at radius 2 is 2.05 bits per heavy atom. The Bertz CT molecular complexity index is 374. The first-order chi connectivity index (χ1) is 9.13. The molecule has 1 unspecified atom stereocenters. The zero-order chi connectivity index (χ0) is 14.3. The summed E-state index contributed by atoms with van der Waals surface area (Å²) in [6.07, 6.45) is 5.79. The molecule has 0 radical (unpaired) electrons. The van der Waals surface area contributed by atoms with Gasteiger partial charge in [0.15, 0.2) is 0 Å². The van der Waals surface area contributed by atoms with E-state index in [0.717, 1.165) is 30.2 Å². The average Bonchev–Trinajstić information content (AvgIpc) is 2.69. The van der Waals surface area contributed by atoms with Gasteiger partial charge in [-0.25, -0.2) is 0 Å². The second-order valence-electron chi connectivity index (χ2n) is 5.11. The van der Waals surface area contributed by atoms with Crippen LogP contribution in [0.3, 0.4) is 0 Å². The molecule has 1 rings (SSSR count). The van der Waals surface area contributed by atoms with Gasteiger partial charge in [0.25, 0.3) is 0 Å². The van der Waals surface area contributed by atoms with Gasteiger partial charge in [-0.3, -0.25) is 4.68 Å². The molecule has 0 aromatic carbocycles. The highest BCUT2D eigenvalue weighted by atomic mass is 35.5. The van der Waals surface area contributed by atoms with Crippen molar-refractivity contribution in [2.75, 3.05) is 6.54 Å². The van der Waals surface area contributed by atoms with Gasteiger partial charge in [-0.15, -0.1) is 0 Å². The molecule has 0 saturated carbocycles. The molecule has 3 nitrogen and oxygen atoms in total. The maximum atomic E-state index is 6.33. The molecule has 0 spiro atoms. The van der Waals surface area contributed by atoms with Gasteiger partial charge in [-0.2, -0.15) is 5.10 Å². The number of hydrogen-bond donors (Lipinski definition) is 1. The Morgan fingerprint density at radius 3 is 2.63 bits per heavy atom. The normalized spacial score (nSPS) is 12.9. The fourth-order valence-electron chi connectivity index (χ4n) is 2.42. The number of nitrogens with one attached hydrogen (secondary N) is 1. The van der Waals surface area contributed by atoms with E-state index in [1.165, 1.54) is 31.4 Å². The number of aryl methyl sites for hydroxylation is 2. The maximum Gasteiger partial charge on any atom is 0.0847 e. The molecule has 1 aromatic rings. The van der Waals surface area contributed by atoms with Gasteiger partial charge in [0.1, 0.15) is 0 Å². The standard InChI is InChI=1S/C15H28ClN3/c1-5-11-17-13(6-2)9-8-10-14-15(16)12(4)18-19(14)7-3/h13,17H,5-11H2,1-4H3. The zero-order valence-electron chi connectivity index (χ0n) is 12.8. The van der Waals surface area contributed by atoms with Crippen molar-refractivity contribution >= 4 is 11.6 Å². The Morgan fingerprint density at radius 1 is 1.32 bits per heavy atom. The molecule has 1 N–H and O–H groups in total. The predicted octanol–water partition coefficient (Wildman–Crippen LogP) is 3.97. The van der Waals surface area contributed by atoms with Gasteiger partial charge in [0.2, 0.25) is 0 Å². The quantitative estimate of drug-likeness (QED) is 0.744. The summed E-state index contributed by atoms with van der Waals surface area (Å²) < 4.78 is 2.04. The van der Waals surface area contributed by atoms with Crippen LogP contribution in [0.25, 0.3) is 0 Å². The number of aromatic nitrogens is 2. The van der Waals surface area contributed by atoms with Crippen molar-refractivity contribution in [3.05, 3.63) is 16.4 Å². The molecule has 0 saturated heterocycles. The lowest BCUT2D eigenvalue weighted by Crippen LogP contribution is -2.29. The summed E-state index contributed by atoms with van der Waals surface area (Å²) in [6.45, 7) is 10.6. The van der Waals surface area contributed by atoms with Crippen LogP contribution in [0.15, 0.2) is 0 Å². The summed E-state index contributed by atoms with van der Waals surface area (Å²) >= 11 is 6.33. The monoisotopic (exact) mass is 285 g/mol. The van der Waals surface area contributed by atoms with Crippen molar-refractivity contribution in [2.45, 2.75) is 72.4 Å². The predicted molar refractivity (Wildman–Crippen MR) is 83.0 cm³/mol. The maximum absolute atomic E-state index is 6.33. The van der Waals surface area contributed by atoms with E-state index >= 15 is 0 Å². The molecule has 1 atom stereocenters. The molecule has 0 aliphatic carbocycles. The third kappa shape index (κ3) is 4.81. The van der Waals surface area contributed by atoms with Crippen LogP contribution in [-0.2, 0) is 13.0 Å². The second kappa shape index (κ2) is 8.60. The van der Waals surface area contributed by atoms with Gasteiger partial charge in [0, 0.05) is 12.6 Å². The van der Waals surface area contributed by atoms with Crippen molar-refractivity contribution in [3.8, 4) is 0 Å². The van der Waals surface area contributed by atoms with Gasteiger partial charge in [-0.05, 0) is 52.5 Å². The van der Waals surface area contributed by atoms with Gasteiger partial charge < -0.3 is 5.32 Å². The molecule has 0 fully saturated rings. The van der Waals surface area contributed by atoms with Crippen LogP contribution in [0.1, 0.15) is 57.8 Å². The summed E-state index contributed by atoms with van der Waals surface area (Å²) in [5.74, 6) is 0. The minimum absolute atomic E-state index is 0.637. The lowest BCUT2D eigenvalue weighted by Gasteiger charge is -2.16. The molecule has 0 bridgehead atoms. The Labute approximate surface area is 122 Å². The summed E-state index contributed by atoms with van der Waals surface area (Å²) in [6, 6.07) is 0.637. The molecule has 1 aromatic heterocycles.